The van der Waals surface area contributed by atoms with E-state index in [0.717, 1.165) is 37.8 Å². The Morgan fingerprint density at radius 3 is 2.74 bits per heavy atom. The predicted molar refractivity (Wildman–Crippen MR) is 114 cm³/mol. The Morgan fingerprint density at radius 1 is 1.13 bits per heavy atom. The van der Waals surface area contributed by atoms with Crippen LogP contribution in [0, 0.1) is 5.82 Å². The first-order chi connectivity index (χ1) is 15.2. The van der Waals surface area contributed by atoms with Crippen molar-refractivity contribution in [3.05, 3.63) is 71.9 Å². The predicted octanol–water partition coefficient (Wildman–Crippen LogP) is 4.08. The van der Waals surface area contributed by atoms with Gasteiger partial charge in [0.25, 0.3) is 0 Å². The molecule has 2 atom stereocenters. The molecule has 2 aromatic carbocycles. The van der Waals surface area contributed by atoms with Gasteiger partial charge >= 0.3 is 0 Å². The van der Waals surface area contributed by atoms with Crippen LogP contribution in [-0.4, -0.2) is 40.1 Å². The summed E-state index contributed by atoms with van der Waals surface area (Å²) in [4.78, 5) is 19.9. The summed E-state index contributed by atoms with van der Waals surface area (Å²) in [5.74, 6) is 0.681. The number of piperidine rings is 1. The largest absolute Gasteiger partial charge is 0.352 e. The lowest BCUT2D eigenvalue weighted by atomic mass is 9.94. The van der Waals surface area contributed by atoms with Crippen molar-refractivity contribution in [2.24, 2.45) is 0 Å². The number of carbonyl (C=O) groups is 1. The number of hydrogen-bond acceptors (Lipinski definition) is 5. The molecule has 2 heterocycles. The summed E-state index contributed by atoms with van der Waals surface area (Å²) in [6.07, 6.45) is 3.96. The number of halogens is 1. The molecule has 1 amide bonds. The van der Waals surface area contributed by atoms with Crippen LogP contribution < -0.4 is 5.32 Å². The van der Waals surface area contributed by atoms with E-state index in [4.69, 9.17) is 4.52 Å². The molecule has 7 heteroatoms. The van der Waals surface area contributed by atoms with Crippen LogP contribution in [0.25, 0.3) is 11.4 Å². The average Bonchev–Trinajstić information content (AvgIpc) is 3.46. The number of nitrogens with one attached hydrogen (secondary N) is 1. The fourth-order valence-corrected chi connectivity index (χ4v) is 4.26. The molecule has 1 saturated heterocycles. The third kappa shape index (κ3) is 4.51. The minimum Gasteiger partial charge on any atom is -0.352 e. The highest BCUT2D eigenvalue weighted by Gasteiger charge is 2.36. The maximum absolute atomic E-state index is 13.6. The van der Waals surface area contributed by atoms with Gasteiger partial charge in [-0.2, -0.15) is 4.98 Å². The Morgan fingerprint density at radius 2 is 1.97 bits per heavy atom. The van der Waals surface area contributed by atoms with Gasteiger partial charge in [-0.1, -0.05) is 47.6 Å². The van der Waals surface area contributed by atoms with E-state index in [9.17, 15) is 9.18 Å². The molecule has 0 radical (unpaired) electrons. The second-order valence-electron chi connectivity index (χ2n) is 8.40. The number of carbonyl (C=O) groups excluding carboxylic acids is 1. The SMILES string of the molecule is O=C(NC1CC1)C(c1ccccc1)N1CCCC(c2nc(-c3cccc(F)c3)no2)C1. The first-order valence-corrected chi connectivity index (χ1v) is 10.9. The van der Waals surface area contributed by atoms with Crippen LogP contribution in [0.3, 0.4) is 0 Å². The minimum atomic E-state index is -0.338. The second-order valence-corrected chi connectivity index (χ2v) is 8.40. The summed E-state index contributed by atoms with van der Waals surface area (Å²) in [5.41, 5.74) is 1.58. The van der Waals surface area contributed by atoms with Gasteiger partial charge in [0.05, 0.1) is 5.92 Å². The lowest BCUT2D eigenvalue weighted by molar-refractivity contribution is -0.127. The van der Waals surface area contributed by atoms with E-state index in [0.29, 0.717) is 29.9 Å². The van der Waals surface area contributed by atoms with Gasteiger partial charge in [0.2, 0.25) is 17.6 Å². The van der Waals surface area contributed by atoms with Gasteiger partial charge in [-0.3, -0.25) is 9.69 Å². The smallest absolute Gasteiger partial charge is 0.242 e. The first kappa shape index (κ1) is 19.9. The van der Waals surface area contributed by atoms with Crippen molar-refractivity contribution in [1.29, 1.82) is 0 Å². The molecule has 6 nitrogen and oxygen atoms in total. The fourth-order valence-electron chi connectivity index (χ4n) is 4.26. The number of amides is 1. The summed E-state index contributed by atoms with van der Waals surface area (Å²) in [6.45, 7) is 1.49. The third-order valence-corrected chi connectivity index (χ3v) is 5.98. The minimum absolute atomic E-state index is 0.0310. The molecule has 2 aliphatic rings. The number of benzene rings is 2. The molecule has 0 bridgehead atoms. The highest BCUT2D eigenvalue weighted by Crippen LogP contribution is 2.33. The topological polar surface area (TPSA) is 71.3 Å². The van der Waals surface area contributed by atoms with Crippen LogP contribution in [0.1, 0.15) is 49.1 Å². The van der Waals surface area contributed by atoms with Gasteiger partial charge in [-0.05, 0) is 49.9 Å². The average molecular weight is 420 g/mol. The van der Waals surface area contributed by atoms with Crippen molar-refractivity contribution in [1.82, 2.24) is 20.4 Å². The van der Waals surface area contributed by atoms with Crippen LogP contribution in [0.2, 0.25) is 0 Å². The molecule has 2 unspecified atom stereocenters. The zero-order valence-electron chi connectivity index (χ0n) is 17.2. The summed E-state index contributed by atoms with van der Waals surface area (Å²) in [5, 5.41) is 7.23. The highest BCUT2D eigenvalue weighted by atomic mass is 19.1. The molecule has 1 aromatic heterocycles. The van der Waals surface area contributed by atoms with E-state index in [2.05, 4.69) is 20.4 Å². The van der Waals surface area contributed by atoms with Gasteiger partial charge in [0, 0.05) is 18.2 Å². The van der Waals surface area contributed by atoms with E-state index in [-0.39, 0.29) is 23.7 Å². The molecule has 1 N–H and O–H groups in total. The quantitative estimate of drug-likeness (QED) is 0.651. The molecule has 2 fully saturated rings. The molecule has 3 aromatic rings. The van der Waals surface area contributed by atoms with Crippen LogP contribution in [-0.2, 0) is 4.79 Å². The molecule has 1 aliphatic heterocycles. The van der Waals surface area contributed by atoms with E-state index < -0.39 is 0 Å². The van der Waals surface area contributed by atoms with Crippen molar-refractivity contribution < 1.29 is 13.7 Å². The Balaban J connectivity index is 1.36. The number of hydrogen-bond donors (Lipinski definition) is 1. The monoisotopic (exact) mass is 420 g/mol. The Hall–Kier alpha value is -3.06. The standard InChI is InChI=1S/C24H25FN4O2/c25-19-10-4-8-17(14-19)22-27-24(31-28-22)18-9-5-13-29(15-18)21(16-6-2-1-3-7-16)23(30)26-20-11-12-20/h1-4,6-8,10,14,18,20-21H,5,9,11-13,15H2,(H,26,30). The molecule has 160 valence electrons. The zero-order chi connectivity index (χ0) is 21.2. The van der Waals surface area contributed by atoms with Gasteiger partial charge in [-0.15, -0.1) is 0 Å². The first-order valence-electron chi connectivity index (χ1n) is 10.9. The molecule has 0 spiro atoms. The van der Waals surface area contributed by atoms with E-state index >= 15 is 0 Å². The fraction of sp³-hybridized carbons (Fsp3) is 0.375. The number of likely N-dealkylation sites (tertiary alicyclic amines) is 1. The van der Waals surface area contributed by atoms with Gasteiger partial charge in [0.1, 0.15) is 11.9 Å². The normalized spacial score (nSPS) is 20.4. The zero-order valence-corrected chi connectivity index (χ0v) is 17.2. The molecule has 31 heavy (non-hydrogen) atoms. The van der Waals surface area contributed by atoms with Crippen LogP contribution in [0.5, 0.6) is 0 Å². The maximum Gasteiger partial charge on any atom is 0.242 e. The molecule has 1 saturated carbocycles. The number of nitrogens with zero attached hydrogens (tertiary/aromatic N) is 3. The lowest BCUT2D eigenvalue weighted by Crippen LogP contribution is -2.45. The van der Waals surface area contributed by atoms with E-state index in [1.54, 1.807) is 12.1 Å². The van der Waals surface area contributed by atoms with Crippen molar-refractivity contribution >= 4 is 5.91 Å². The number of rotatable bonds is 6. The Kier molecular flexibility index (Phi) is 5.51. The highest BCUT2D eigenvalue weighted by molar-refractivity contribution is 5.83. The number of aromatic nitrogens is 2. The van der Waals surface area contributed by atoms with E-state index in [1.807, 2.05) is 30.3 Å². The Bertz CT molecular complexity index is 1050. The van der Waals surface area contributed by atoms with Crippen LogP contribution >= 0.6 is 0 Å². The Labute approximate surface area is 180 Å². The lowest BCUT2D eigenvalue weighted by Gasteiger charge is -2.36. The third-order valence-electron chi connectivity index (χ3n) is 5.98. The summed E-state index contributed by atoms with van der Waals surface area (Å²) in [7, 11) is 0. The van der Waals surface area contributed by atoms with Crippen LogP contribution in [0.4, 0.5) is 4.39 Å². The van der Waals surface area contributed by atoms with Crippen LogP contribution in [0.15, 0.2) is 59.1 Å². The van der Waals surface area contributed by atoms with Crippen molar-refractivity contribution in [2.45, 2.75) is 43.7 Å². The van der Waals surface area contributed by atoms with Crippen molar-refractivity contribution in [3.8, 4) is 11.4 Å². The van der Waals surface area contributed by atoms with Gasteiger partial charge in [-0.25, -0.2) is 4.39 Å². The summed E-state index contributed by atoms with van der Waals surface area (Å²) < 4.78 is 19.1. The van der Waals surface area contributed by atoms with Gasteiger partial charge in [0.15, 0.2) is 0 Å². The summed E-state index contributed by atoms with van der Waals surface area (Å²) >= 11 is 0. The van der Waals surface area contributed by atoms with Crippen molar-refractivity contribution in [3.63, 3.8) is 0 Å². The molecular formula is C24H25FN4O2. The molecule has 1 aliphatic carbocycles. The van der Waals surface area contributed by atoms with E-state index in [1.165, 1.54) is 12.1 Å². The maximum atomic E-state index is 13.6. The summed E-state index contributed by atoms with van der Waals surface area (Å²) in [6, 6.07) is 16.1. The van der Waals surface area contributed by atoms with Gasteiger partial charge < -0.3 is 9.84 Å². The second kappa shape index (κ2) is 8.59. The molecular weight excluding hydrogens is 395 g/mol. The molecule has 5 rings (SSSR count). The van der Waals surface area contributed by atoms with Crippen molar-refractivity contribution in [2.75, 3.05) is 13.1 Å².